The summed E-state index contributed by atoms with van der Waals surface area (Å²) in [6.45, 7) is 3.69. The molecule has 0 aliphatic heterocycles. The molecule has 1 amide bonds. The molecule has 0 spiro atoms. The molecule has 6 aromatic rings. The van der Waals surface area contributed by atoms with Gasteiger partial charge in [-0.2, -0.15) is 5.10 Å². The van der Waals surface area contributed by atoms with Crippen molar-refractivity contribution in [3.8, 4) is 39.7 Å². The molecule has 3 N–H and O–H groups in total. The maximum Gasteiger partial charge on any atom is 0.226 e. The maximum atomic E-state index is 12.1. The van der Waals surface area contributed by atoms with Crippen LogP contribution in [-0.4, -0.2) is 48.1 Å². The van der Waals surface area contributed by atoms with Gasteiger partial charge in [0.1, 0.15) is 11.3 Å². The fourth-order valence-corrected chi connectivity index (χ4v) is 4.21. The number of aromatic nitrogens is 7. The normalized spacial score (nSPS) is 11.4. The third-order valence-corrected chi connectivity index (χ3v) is 6.23. The van der Waals surface area contributed by atoms with Crippen molar-refractivity contribution in [2.45, 2.75) is 13.8 Å². The smallest absolute Gasteiger partial charge is 0.226 e. The molecule has 1 aromatic carbocycles. The molecule has 188 valence electrons. The zero-order valence-electron chi connectivity index (χ0n) is 21.0. The number of hydrogen-bond acceptors (Lipinski definition) is 7. The molecule has 0 unspecified atom stereocenters. The summed E-state index contributed by atoms with van der Waals surface area (Å²) in [5, 5.41) is 10.4. The molecule has 0 aliphatic carbocycles. The summed E-state index contributed by atoms with van der Waals surface area (Å²) in [7, 11) is 1.64. The summed E-state index contributed by atoms with van der Waals surface area (Å²) >= 11 is 0. The van der Waals surface area contributed by atoms with E-state index in [1.807, 2.05) is 56.3 Å². The largest absolute Gasteiger partial charge is 0.497 e. The van der Waals surface area contributed by atoms with Crippen molar-refractivity contribution in [2.24, 2.45) is 5.92 Å². The highest BCUT2D eigenvalue weighted by Crippen LogP contribution is 2.32. The van der Waals surface area contributed by atoms with Gasteiger partial charge in [-0.25, -0.2) is 9.97 Å². The second kappa shape index (κ2) is 9.40. The van der Waals surface area contributed by atoms with Gasteiger partial charge in [0.25, 0.3) is 0 Å². The number of imidazole rings is 1. The number of hydrogen-bond donors (Lipinski definition) is 3. The molecule has 0 bridgehead atoms. The number of carbonyl (C=O) groups is 1. The van der Waals surface area contributed by atoms with E-state index in [9.17, 15) is 4.79 Å². The van der Waals surface area contributed by atoms with Crippen molar-refractivity contribution in [2.75, 3.05) is 12.4 Å². The van der Waals surface area contributed by atoms with E-state index in [-0.39, 0.29) is 11.8 Å². The molecule has 10 heteroatoms. The number of anilines is 1. The Kier molecular flexibility index (Phi) is 5.76. The van der Waals surface area contributed by atoms with E-state index in [0.717, 1.165) is 39.0 Å². The molecule has 10 nitrogen and oxygen atoms in total. The predicted molar refractivity (Wildman–Crippen MR) is 145 cm³/mol. The quantitative estimate of drug-likeness (QED) is 0.283. The minimum atomic E-state index is -0.134. The van der Waals surface area contributed by atoms with Gasteiger partial charge in [-0.1, -0.05) is 26.0 Å². The number of aromatic amines is 2. The molecule has 0 saturated heterocycles. The second-order valence-corrected chi connectivity index (χ2v) is 9.17. The lowest BCUT2D eigenvalue weighted by atomic mass is 10.1. The van der Waals surface area contributed by atoms with Crippen LogP contribution in [0.5, 0.6) is 5.75 Å². The Labute approximate surface area is 217 Å². The average molecular weight is 505 g/mol. The fourth-order valence-electron chi connectivity index (χ4n) is 4.21. The third-order valence-electron chi connectivity index (χ3n) is 6.23. The zero-order chi connectivity index (χ0) is 26.2. The first kappa shape index (κ1) is 23.3. The number of benzene rings is 1. The third kappa shape index (κ3) is 4.21. The van der Waals surface area contributed by atoms with Crippen LogP contribution in [0, 0.1) is 5.92 Å². The summed E-state index contributed by atoms with van der Waals surface area (Å²) in [5.74, 6) is 1.12. The average Bonchev–Trinajstić information content (AvgIpc) is 3.56. The van der Waals surface area contributed by atoms with E-state index < -0.39 is 0 Å². The van der Waals surface area contributed by atoms with Crippen molar-refractivity contribution in [3.63, 3.8) is 0 Å². The molecular formula is C28H24N8O2. The number of pyridine rings is 3. The number of H-pyrrole nitrogens is 2. The van der Waals surface area contributed by atoms with Crippen LogP contribution in [0.1, 0.15) is 13.8 Å². The zero-order valence-corrected chi connectivity index (χ0v) is 21.0. The van der Waals surface area contributed by atoms with Gasteiger partial charge >= 0.3 is 0 Å². The first-order valence-electron chi connectivity index (χ1n) is 12.1. The van der Waals surface area contributed by atoms with E-state index in [4.69, 9.17) is 14.7 Å². The Morgan fingerprint density at radius 3 is 2.63 bits per heavy atom. The van der Waals surface area contributed by atoms with Crippen LogP contribution in [0.2, 0.25) is 0 Å². The van der Waals surface area contributed by atoms with Gasteiger partial charge in [-0.3, -0.25) is 19.9 Å². The van der Waals surface area contributed by atoms with Crippen LogP contribution >= 0.6 is 0 Å². The summed E-state index contributed by atoms with van der Waals surface area (Å²) in [4.78, 5) is 33.9. The fraction of sp³-hybridized carbons (Fsp3) is 0.143. The summed E-state index contributed by atoms with van der Waals surface area (Å²) in [5.41, 5.74) is 7.49. The van der Waals surface area contributed by atoms with E-state index >= 15 is 0 Å². The highest BCUT2D eigenvalue weighted by molar-refractivity contribution is 5.96. The SMILES string of the molecule is COc1cccc(-c2cncc3[nH]c(-c4n[nH]c5ccc(-c6cncc(NC(=O)C(C)C)c6)nc45)nc23)c1. The lowest BCUT2D eigenvalue weighted by Crippen LogP contribution is -2.17. The van der Waals surface area contributed by atoms with Gasteiger partial charge in [0.15, 0.2) is 11.5 Å². The van der Waals surface area contributed by atoms with Gasteiger partial charge in [-0.05, 0) is 35.9 Å². The molecule has 0 fully saturated rings. The molecule has 0 saturated carbocycles. The Hall–Kier alpha value is -5.12. The van der Waals surface area contributed by atoms with Crippen molar-refractivity contribution >= 4 is 33.7 Å². The Morgan fingerprint density at radius 2 is 1.79 bits per heavy atom. The first-order chi connectivity index (χ1) is 18.5. The number of amides is 1. The van der Waals surface area contributed by atoms with Crippen LogP contribution in [0.4, 0.5) is 5.69 Å². The molecule has 0 radical (unpaired) electrons. The van der Waals surface area contributed by atoms with Crippen molar-refractivity contribution in [1.82, 2.24) is 35.1 Å². The number of nitrogens with one attached hydrogen (secondary N) is 3. The second-order valence-electron chi connectivity index (χ2n) is 9.17. The van der Waals surface area contributed by atoms with Gasteiger partial charge in [0.2, 0.25) is 5.91 Å². The predicted octanol–water partition coefficient (Wildman–Crippen LogP) is 5.23. The van der Waals surface area contributed by atoms with Crippen LogP contribution in [-0.2, 0) is 4.79 Å². The van der Waals surface area contributed by atoms with Crippen molar-refractivity contribution < 1.29 is 9.53 Å². The van der Waals surface area contributed by atoms with E-state index in [0.29, 0.717) is 28.4 Å². The molecule has 5 aromatic heterocycles. The topological polar surface area (TPSA) is 134 Å². The molecule has 6 rings (SSSR count). The lowest BCUT2D eigenvalue weighted by molar-refractivity contribution is -0.118. The van der Waals surface area contributed by atoms with Gasteiger partial charge in [0, 0.05) is 29.4 Å². The van der Waals surface area contributed by atoms with Gasteiger partial charge < -0.3 is 15.0 Å². The van der Waals surface area contributed by atoms with Crippen LogP contribution in [0.25, 0.3) is 56.0 Å². The van der Waals surface area contributed by atoms with Crippen LogP contribution in [0.3, 0.4) is 0 Å². The number of methoxy groups -OCH3 is 1. The molecular weight excluding hydrogens is 480 g/mol. The molecule has 0 aliphatic rings. The van der Waals surface area contributed by atoms with E-state index in [1.54, 1.807) is 31.9 Å². The van der Waals surface area contributed by atoms with Crippen molar-refractivity contribution in [3.05, 3.63) is 67.3 Å². The first-order valence-corrected chi connectivity index (χ1v) is 12.1. The summed E-state index contributed by atoms with van der Waals surface area (Å²) in [6.07, 6.45) is 6.87. The van der Waals surface area contributed by atoms with E-state index in [1.165, 1.54) is 0 Å². The van der Waals surface area contributed by atoms with Gasteiger partial charge in [0.05, 0.1) is 47.4 Å². The molecule has 38 heavy (non-hydrogen) atoms. The van der Waals surface area contributed by atoms with Gasteiger partial charge in [-0.15, -0.1) is 0 Å². The summed E-state index contributed by atoms with van der Waals surface area (Å²) in [6, 6.07) is 13.4. The number of fused-ring (bicyclic) bond motifs is 2. The Bertz CT molecular complexity index is 1800. The minimum absolute atomic E-state index is 0.0721. The Balaban J connectivity index is 1.41. The Morgan fingerprint density at radius 1 is 0.921 bits per heavy atom. The highest BCUT2D eigenvalue weighted by atomic mass is 16.5. The van der Waals surface area contributed by atoms with Crippen LogP contribution < -0.4 is 10.1 Å². The number of ether oxygens (including phenoxy) is 1. The molecule has 5 heterocycles. The highest BCUT2D eigenvalue weighted by Gasteiger charge is 2.18. The standard InChI is InChI=1S/C28H24N8O2/c1-15(2)28(37)31-18-9-17(11-29-12-18)21-7-8-22-25(32-21)26(36-35-22)27-33-23-14-30-13-20(24(23)34-27)16-5-4-6-19(10-16)38-3/h4-15H,1-3H3,(H,31,37)(H,33,34)(H,35,36). The number of carbonyl (C=O) groups excluding carboxylic acids is 1. The monoisotopic (exact) mass is 504 g/mol. The van der Waals surface area contributed by atoms with E-state index in [2.05, 4.69) is 30.5 Å². The minimum Gasteiger partial charge on any atom is -0.497 e. The molecule has 0 atom stereocenters. The summed E-state index contributed by atoms with van der Waals surface area (Å²) < 4.78 is 5.39. The van der Waals surface area contributed by atoms with Crippen LogP contribution in [0.15, 0.2) is 67.3 Å². The number of nitrogens with zero attached hydrogens (tertiary/aromatic N) is 5. The number of rotatable bonds is 6. The maximum absolute atomic E-state index is 12.1. The van der Waals surface area contributed by atoms with Crippen molar-refractivity contribution in [1.29, 1.82) is 0 Å². The lowest BCUT2D eigenvalue weighted by Gasteiger charge is -2.08.